The van der Waals surface area contributed by atoms with Gasteiger partial charge < -0.3 is 20.3 Å². The molecule has 0 saturated carbocycles. The Hall–Kier alpha value is -1.88. The highest BCUT2D eigenvalue weighted by molar-refractivity contribution is 14.0. The average Bonchev–Trinajstić information content (AvgIpc) is 3.15. The Morgan fingerprint density at radius 3 is 2.97 bits per heavy atom. The minimum Gasteiger partial charge on any atom is -0.476 e. The number of nitrogens with one attached hydrogen (secondary N) is 2. The first-order valence-corrected chi connectivity index (χ1v) is 9.68. The summed E-state index contributed by atoms with van der Waals surface area (Å²) in [6.45, 7) is 5.05. The van der Waals surface area contributed by atoms with E-state index in [9.17, 15) is 4.39 Å². The summed E-state index contributed by atoms with van der Waals surface area (Å²) in [7, 11) is 0. The van der Waals surface area contributed by atoms with Gasteiger partial charge in [0.25, 0.3) is 0 Å². The fourth-order valence-corrected chi connectivity index (χ4v) is 3.06. The number of hydrogen-bond acceptors (Lipinski definition) is 5. The second-order valence-corrected chi connectivity index (χ2v) is 6.74. The smallest absolute Gasteiger partial charge is 0.213 e. The molecule has 158 valence electrons. The van der Waals surface area contributed by atoms with Gasteiger partial charge in [0.15, 0.2) is 17.6 Å². The van der Waals surface area contributed by atoms with E-state index in [1.165, 1.54) is 6.07 Å². The molecule has 0 spiro atoms. The van der Waals surface area contributed by atoms with Crippen molar-refractivity contribution in [2.45, 2.75) is 19.4 Å². The highest BCUT2D eigenvalue weighted by Crippen LogP contribution is 2.20. The Balaban J connectivity index is 0.00000300. The molecule has 29 heavy (non-hydrogen) atoms. The summed E-state index contributed by atoms with van der Waals surface area (Å²) in [6, 6.07) is 6.65. The van der Waals surface area contributed by atoms with Gasteiger partial charge in [0.1, 0.15) is 6.61 Å². The number of ether oxygens (including phenoxy) is 1. The number of rotatable bonds is 7. The lowest BCUT2D eigenvalue weighted by atomic mass is 10.3. The highest BCUT2D eigenvalue weighted by Gasteiger charge is 2.25. The summed E-state index contributed by atoms with van der Waals surface area (Å²) in [6.07, 6.45) is 4.04. The van der Waals surface area contributed by atoms with Crippen molar-refractivity contribution in [3.63, 3.8) is 0 Å². The Morgan fingerprint density at radius 1 is 1.38 bits per heavy atom. The van der Waals surface area contributed by atoms with Gasteiger partial charge in [-0.05, 0) is 31.5 Å². The third-order valence-corrected chi connectivity index (χ3v) is 4.45. The van der Waals surface area contributed by atoms with Crippen LogP contribution in [0, 0.1) is 5.82 Å². The van der Waals surface area contributed by atoms with E-state index in [-0.39, 0.29) is 35.8 Å². The topological polar surface area (TPSA) is 74.7 Å². The SMILES string of the molecule is CCNC(=NCCOc1ccc(Cl)cn1)NC1CCN(c2ncccc2F)C1.I. The van der Waals surface area contributed by atoms with E-state index in [1.807, 2.05) is 11.8 Å². The molecule has 1 saturated heterocycles. The van der Waals surface area contributed by atoms with E-state index in [1.54, 1.807) is 30.6 Å². The zero-order valence-electron chi connectivity index (χ0n) is 16.1. The van der Waals surface area contributed by atoms with Crippen LogP contribution in [-0.4, -0.2) is 54.8 Å². The maximum absolute atomic E-state index is 13.9. The number of pyridine rings is 2. The third kappa shape index (κ3) is 7.14. The number of aliphatic imine (C=N–C) groups is 1. The first-order chi connectivity index (χ1) is 13.7. The van der Waals surface area contributed by atoms with Crippen LogP contribution < -0.4 is 20.3 Å². The molecule has 3 heterocycles. The Kier molecular flexibility index (Phi) is 9.65. The van der Waals surface area contributed by atoms with Gasteiger partial charge in [0, 0.05) is 44.1 Å². The number of aromatic nitrogens is 2. The van der Waals surface area contributed by atoms with E-state index in [4.69, 9.17) is 16.3 Å². The molecule has 0 bridgehead atoms. The van der Waals surface area contributed by atoms with Crippen LogP contribution >= 0.6 is 35.6 Å². The van der Waals surface area contributed by atoms with Gasteiger partial charge in [0.2, 0.25) is 5.88 Å². The quantitative estimate of drug-likeness (QED) is 0.246. The van der Waals surface area contributed by atoms with Crippen LogP contribution in [0.2, 0.25) is 5.02 Å². The van der Waals surface area contributed by atoms with Crippen LogP contribution in [0.1, 0.15) is 13.3 Å². The first-order valence-electron chi connectivity index (χ1n) is 9.30. The molecule has 3 rings (SSSR count). The first kappa shape index (κ1) is 23.4. The fraction of sp³-hybridized carbons (Fsp3) is 0.421. The molecule has 2 aromatic rings. The van der Waals surface area contributed by atoms with Crippen LogP contribution in [0.3, 0.4) is 0 Å². The van der Waals surface area contributed by atoms with Crippen molar-refractivity contribution in [2.24, 2.45) is 4.99 Å². The molecule has 1 atom stereocenters. The van der Waals surface area contributed by atoms with E-state index in [0.717, 1.165) is 19.5 Å². The molecule has 1 unspecified atom stereocenters. The molecule has 1 aliphatic rings. The summed E-state index contributed by atoms with van der Waals surface area (Å²) in [4.78, 5) is 14.7. The Morgan fingerprint density at radius 2 is 2.24 bits per heavy atom. The number of halogens is 3. The molecular weight excluding hydrogens is 510 g/mol. The maximum atomic E-state index is 13.9. The Labute approximate surface area is 192 Å². The minimum absolute atomic E-state index is 0. The fourth-order valence-electron chi connectivity index (χ4n) is 2.95. The number of guanidine groups is 1. The van der Waals surface area contributed by atoms with Gasteiger partial charge >= 0.3 is 0 Å². The molecule has 10 heteroatoms. The lowest BCUT2D eigenvalue weighted by molar-refractivity contribution is 0.316. The third-order valence-electron chi connectivity index (χ3n) is 4.22. The van der Waals surface area contributed by atoms with Gasteiger partial charge in [-0.1, -0.05) is 11.6 Å². The molecular formula is C19H25ClFIN6O. The van der Waals surface area contributed by atoms with Crippen LogP contribution in [0.4, 0.5) is 10.2 Å². The number of anilines is 1. The highest BCUT2D eigenvalue weighted by atomic mass is 127. The van der Waals surface area contributed by atoms with Crippen molar-refractivity contribution in [1.82, 2.24) is 20.6 Å². The molecule has 1 fully saturated rings. The van der Waals surface area contributed by atoms with Gasteiger partial charge in [-0.3, -0.25) is 0 Å². The molecule has 7 nitrogen and oxygen atoms in total. The summed E-state index contributed by atoms with van der Waals surface area (Å²) in [5, 5.41) is 7.19. The second-order valence-electron chi connectivity index (χ2n) is 6.31. The van der Waals surface area contributed by atoms with Crippen molar-refractivity contribution in [2.75, 3.05) is 37.7 Å². The summed E-state index contributed by atoms with van der Waals surface area (Å²) < 4.78 is 19.5. The lowest BCUT2D eigenvalue weighted by Gasteiger charge is -2.20. The second kappa shape index (κ2) is 12.0. The van der Waals surface area contributed by atoms with Gasteiger partial charge in [-0.25, -0.2) is 19.4 Å². The van der Waals surface area contributed by atoms with E-state index < -0.39 is 0 Å². The largest absolute Gasteiger partial charge is 0.476 e. The summed E-state index contributed by atoms with van der Waals surface area (Å²) in [5.74, 6) is 1.33. The summed E-state index contributed by atoms with van der Waals surface area (Å²) in [5.41, 5.74) is 0. The van der Waals surface area contributed by atoms with E-state index in [2.05, 4.69) is 25.6 Å². The zero-order valence-corrected chi connectivity index (χ0v) is 19.2. The Bertz CT molecular complexity index is 795. The zero-order chi connectivity index (χ0) is 19.8. The maximum Gasteiger partial charge on any atom is 0.213 e. The van der Waals surface area contributed by atoms with Crippen LogP contribution in [0.15, 0.2) is 41.7 Å². The molecule has 0 aliphatic carbocycles. The van der Waals surface area contributed by atoms with Crippen molar-refractivity contribution in [1.29, 1.82) is 0 Å². The predicted octanol–water partition coefficient (Wildman–Crippen LogP) is 3.10. The van der Waals surface area contributed by atoms with Crippen molar-refractivity contribution in [3.05, 3.63) is 47.5 Å². The monoisotopic (exact) mass is 534 g/mol. The predicted molar refractivity (Wildman–Crippen MR) is 124 cm³/mol. The molecule has 0 aromatic carbocycles. The lowest BCUT2D eigenvalue weighted by Crippen LogP contribution is -2.45. The van der Waals surface area contributed by atoms with Crippen molar-refractivity contribution < 1.29 is 9.13 Å². The molecule has 2 N–H and O–H groups in total. The van der Waals surface area contributed by atoms with E-state index >= 15 is 0 Å². The summed E-state index contributed by atoms with van der Waals surface area (Å²) >= 11 is 5.80. The standard InChI is InChI=1S/C19H24ClFN6O.HI/c1-2-22-19(24-9-11-28-17-6-5-14(20)12-25-17)26-15-7-10-27(13-15)18-16(21)4-3-8-23-18;/h3-6,8,12,15H,2,7,9-11,13H2,1H3,(H2,22,24,26);1H. The van der Waals surface area contributed by atoms with Crippen LogP contribution in [0.25, 0.3) is 0 Å². The molecule has 2 aromatic heterocycles. The molecule has 0 amide bonds. The van der Waals surface area contributed by atoms with E-state index in [0.29, 0.717) is 42.4 Å². The van der Waals surface area contributed by atoms with Gasteiger partial charge in [-0.2, -0.15) is 0 Å². The normalized spacial score (nSPS) is 16.3. The minimum atomic E-state index is -0.295. The van der Waals surface area contributed by atoms with Gasteiger partial charge in [0.05, 0.1) is 11.6 Å². The van der Waals surface area contributed by atoms with Crippen molar-refractivity contribution >= 4 is 47.4 Å². The van der Waals surface area contributed by atoms with Crippen LogP contribution in [0.5, 0.6) is 5.88 Å². The van der Waals surface area contributed by atoms with Gasteiger partial charge in [-0.15, -0.1) is 24.0 Å². The van der Waals surface area contributed by atoms with Crippen LogP contribution in [-0.2, 0) is 0 Å². The molecule has 0 radical (unpaired) electrons. The number of nitrogens with zero attached hydrogens (tertiary/aromatic N) is 4. The number of hydrogen-bond donors (Lipinski definition) is 2. The van der Waals surface area contributed by atoms with Crippen molar-refractivity contribution in [3.8, 4) is 5.88 Å². The average molecular weight is 535 g/mol. The molecule has 1 aliphatic heterocycles.